The number of carbonyl (C=O) groups is 6. The number of hydrogen-bond donors (Lipinski definition) is 4. The Morgan fingerprint density at radius 2 is 1.62 bits per heavy atom. The SMILES string of the molecule is CCCC(C)CC(NC(=O)C1CC(C)CN1C(=O)C(NC(=O)NCC(=O)N(CC)CC)C(C)(C)C)C(=O)C(N)=O. The Morgan fingerprint density at radius 3 is 2.12 bits per heavy atom. The van der Waals surface area contributed by atoms with Gasteiger partial charge in [-0.2, -0.15) is 0 Å². The lowest BCUT2D eigenvalue weighted by atomic mass is 9.85. The molecule has 0 bridgehead atoms. The lowest BCUT2D eigenvalue weighted by molar-refractivity contribution is -0.143. The highest BCUT2D eigenvalue weighted by Gasteiger charge is 2.44. The van der Waals surface area contributed by atoms with E-state index in [0.717, 1.165) is 12.8 Å². The molecule has 6 amide bonds. The van der Waals surface area contributed by atoms with Crippen molar-refractivity contribution in [3.63, 3.8) is 0 Å². The van der Waals surface area contributed by atoms with Crippen molar-refractivity contribution >= 4 is 35.4 Å². The summed E-state index contributed by atoms with van der Waals surface area (Å²) in [6.07, 6.45) is 2.32. The fraction of sp³-hybridized carbons (Fsp3) is 0.786. The van der Waals surface area contributed by atoms with Crippen molar-refractivity contribution in [3.05, 3.63) is 0 Å². The van der Waals surface area contributed by atoms with Crippen LogP contribution in [-0.4, -0.2) is 89.5 Å². The van der Waals surface area contributed by atoms with Gasteiger partial charge in [-0.3, -0.25) is 24.0 Å². The molecule has 1 aliphatic rings. The first-order valence-corrected chi connectivity index (χ1v) is 14.3. The summed E-state index contributed by atoms with van der Waals surface area (Å²) in [4.78, 5) is 79.4. The van der Waals surface area contributed by atoms with Crippen LogP contribution in [0, 0.1) is 17.3 Å². The number of rotatable bonds is 14. The van der Waals surface area contributed by atoms with E-state index in [1.165, 1.54) is 4.90 Å². The number of primary amides is 1. The summed E-state index contributed by atoms with van der Waals surface area (Å²) >= 11 is 0. The number of amides is 6. The monoisotopic (exact) mass is 566 g/mol. The fourth-order valence-electron chi connectivity index (χ4n) is 5.06. The molecule has 0 aromatic rings. The van der Waals surface area contributed by atoms with E-state index in [1.807, 2.05) is 34.6 Å². The number of likely N-dealkylation sites (N-methyl/N-ethyl adjacent to an activating group) is 1. The minimum atomic E-state index is -1.12. The molecule has 5 unspecified atom stereocenters. The molecule has 228 valence electrons. The summed E-state index contributed by atoms with van der Waals surface area (Å²) in [5.74, 6) is -3.15. The van der Waals surface area contributed by atoms with E-state index in [9.17, 15) is 28.8 Å². The smallest absolute Gasteiger partial charge is 0.315 e. The quantitative estimate of drug-likeness (QED) is 0.230. The van der Waals surface area contributed by atoms with E-state index in [0.29, 0.717) is 19.5 Å². The van der Waals surface area contributed by atoms with Crippen LogP contribution < -0.4 is 21.7 Å². The maximum atomic E-state index is 13.8. The molecule has 1 rings (SSSR count). The molecule has 0 spiro atoms. The summed E-state index contributed by atoms with van der Waals surface area (Å²) in [5, 5.41) is 7.90. The molecule has 5 N–H and O–H groups in total. The molecule has 1 saturated heterocycles. The predicted octanol–water partition coefficient (Wildman–Crippen LogP) is 1.17. The van der Waals surface area contributed by atoms with E-state index in [2.05, 4.69) is 16.0 Å². The second-order valence-corrected chi connectivity index (χ2v) is 12.0. The number of nitrogens with zero attached hydrogens (tertiary/aromatic N) is 2. The van der Waals surface area contributed by atoms with Crippen LogP contribution in [0.5, 0.6) is 0 Å². The van der Waals surface area contributed by atoms with Crippen molar-refractivity contribution in [1.82, 2.24) is 25.8 Å². The largest absolute Gasteiger partial charge is 0.363 e. The van der Waals surface area contributed by atoms with Gasteiger partial charge in [0.25, 0.3) is 5.91 Å². The van der Waals surface area contributed by atoms with Crippen LogP contribution in [0.4, 0.5) is 4.79 Å². The van der Waals surface area contributed by atoms with Gasteiger partial charge >= 0.3 is 6.03 Å². The molecule has 40 heavy (non-hydrogen) atoms. The van der Waals surface area contributed by atoms with Crippen LogP contribution in [0.15, 0.2) is 0 Å². The molecule has 1 fully saturated rings. The van der Waals surface area contributed by atoms with Gasteiger partial charge in [0.05, 0.1) is 12.6 Å². The van der Waals surface area contributed by atoms with Crippen molar-refractivity contribution in [3.8, 4) is 0 Å². The van der Waals surface area contributed by atoms with Gasteiger partial charge in [0.2, 0.25) is 23.5 Å². The van der Waals surface area contributed by atoms with Crippen LogP contribution in [0.3, 0.4) is 0 Å². The molecule has 0 aromatic heterocycles. The number of carbonyl (C=O) groups excluding carboxylic acids is 6. The van der Waals surface area contributed by atoms with Gasteiger partial charge in [-0.15, -0.1) is 0 Å². The molecular formula is C28H50N6O6. The normalized spacial score (nSPS) is 19.2. The first-order chi connectivity index (χ1) is 18.6. The summed E-state index contributed by atoms with van der Waals surface area (Å²) in [6.45, 7) is 16.0. The minimum absolute atomic E-state index is 0.00913. The van der Waals surface area contributed by atoms with Gasteiger partial charge in [-0.05, 0) is 43.9 Å². The molecule has 1 heterocycles. The Labute approximate surface area is 238 Å². The summed E-state index contributed by atoms with van der Waals surface area (Å²) < 4.78 is 0. The number of Topliss-reactive ketones (excluding diaryl/α,β-unsaturated/α-hetero) is 1. The topological polar surface area (TPSA) is 171 Å². The molecule has 5 atom stereocenters. The lowest BCUT2D eigenvalue weighted by Gasteiger charge is -2.35. The Balaban J connectivity index is 3.09. The average Bonchev–Trinajstić information content (AvgIpc) is 3.26. The molecule has 12 heteroatoms. The Kier molecular flexibility index (Phi) is 13.6. The number of likely N-dealkylation sites (tertiary alicyclic amines) is 1. The second-order valence-electron chi connectivity index (χ2n) is 12.0. The standard InChI is InChI=1S/C28H50N6O6/c1-9-12-17(4)13-19(22(36)24(29)37)31-25(38)20-14-18(5)16-34(20)26(39)23(28(6,7)8)32-27(40)30-15-21(35)33(10-2)11-3/h17-20,23H,9-16H2,1-8H3,(H2,29,37)(H,31,38)(H2,30,32,40). The van der Waals surface area contributed by atoms with E-state index in [1.54, 1.807) is 25.7 Å². The maximum absolute atomic E-state index is 13.8. The van der Waals surface area contributed by atoms with E-state index >= 15 is 0 Å². The molecule has 0 aliphatic carbocycles. The zero-order valence-corrected chi connectivity index (χ0v) is 25.5. The minimum Gasteiger partial charge on any atom is -0.363 e. The third-order valence-electron chi connectivity index (χ3n) is 7.30. The molecule has 0 radical (unpaired) electrons. The highest BCUT2D eigenvalue weighted by molar-refractivity contribution is 6.37. The van der Waals surface area contributed by atoms with Crippen molar-refractivity contribution in [2.45, 2.75) is 99.2 Å². The number of urea groups is 1. The zero-order chi connectivity index (χ0) is 30.8. The van der Waals surface area contributed by atoms with Crippen molar-refractivity contribution in [1.29, 1.82) is 0 Å². The molecular weight excluding hydrogens is 516 g/mol. The Morgan fingerprint density at radius 1 is 1.02 bits per heavy atom. The number of nitrogens with one attached hydrogen (secondary N) is 3. The molecule has 0 saturated carbocycles. The lowest BCUT2D eigenvalue weighted by Crippen LogP contribution is -2.60. The van der Waals surface area contributed by atoms with Gasteiger partial charge < -0.3 is 31.5 Å². The van der Waals surface area contributed by atoms with E-state index < -0.39 is 53.1 Å². The van der Waals surface area contributed by atoms with Crippen molar-refractivity contribution in [2.24, 2.45) is 23.0 Å². The number of nitrogens with two attached hydrogens (primary N) is 1. The third kappa shape index (κ3) is 10.1. The van der Waals surface area contributed by atoms with Gasteiger partial charge in [0.15, 0.2) is 0 Å². The third-order valence-corrected chi connectivity index (χ3v) is 7.30. The average molecular weight is 567 g/mol. The highest BCUT2D eigenvalue weighted by Crippen LogP contribution is 2.28. The first-order valence-electron chi connectivity index (χ1n) is 14.3. The van der Waals surface area contributed by atoms with Gasteiger partial charge in [0, 0.05) is 19.6 Å². The van der Waals surface area contributed by atoms with Crippen LogP contribution in [0.25, 0.3) is 0 Å². The van der Waals surface area contributed by atoms with Crippen LogP contribution in [0.1, 0.15) is 81.1 Å². The highest BCUT2D eigenvalue weighted by atomic mass is 16.2. The second kappa shape index (κ2) is 15.6. The van der Waals surface area contributed by atoms with Gasteiger partial charge in [-0.25, -0.2) is 4.79 Å². The fourth-order valence-corrected chi connectivity index (χ4v) is 5.06. The number of ketones is 1. The van der Waals surface area contributed by atoms with Crippen LogP contribution in [-0.2, 0) is 24.0 Å². The van der Waals surface area contributed by atoms with Gasteiger partial charge in [0.1, 0.15) is 12.1 Å². The van der Waals surface area contributed by atoms with E-state index in [-0.39, 0.29) is 37.3 Å². The summed E-state index contributed by atoms with van der Waals surface area (Å²) in [7, 11) is 0. The van der Waals surface area contributed by atoms with Crippen LogP contribution >= 0.6 is 0 Å². The van der Waals surface area contributed by atoms with Crippen molar-refractivity contribution in [2.75, 3.05) is 26.2 Å². The summed E-state index contributed by atoms with van der Waals surface area (Å²) in [5.41, 5.74) is 4.53. The predicted molar refractivity (Wildman–Crippen MR) is 152 cm³/mol. The number of hydrogen-bond acceptors (Lipinski definition) is 6. The van der Waals surface area contributed by atoms with E-state index in [4.69, 9.17) is 5.73 Å². The Hall–Kier alpha value is -3.18. The zero-order valence-electron chi connectivity index (χ0n) is 25.5. The molecule has 1 aliphatic heterocycles. The molecule has 0 aromatic carbocycles. The van der Waals surface area contributed by atoms with Crippen LogP contribution in [0.2, 0.25) is 0 Å². The summed E-state index contributed by atoms with van der Waals surface area (Å²) in [6, 6.07) is -3.63. The Bertz CT molecular complexity index is 929. The first kappa shape index (κ1) is 34.8. The maximum Gasteiger partial charge on any atom is 0.315 e. The van der Waals surface area contributed by atoms with Crippen molar-refractivity contribution < 1.29 is 28.8 Å². The molecule has 12 nitrogen and oxygen atoms in total. The van der Waals surface area contributed by atoms with Gasteiger partial charge in [-0.1, -0.05) is 54.4 Å².